The number of carbonyl (C=O) groups excluding carboxylic acids is 1. The number of benzene rings is 1. The molecule has 1 rings (SSSR count). The molecule has 24 heavy (non-hydrogen) atoms. The summed E-state index contributed by atoms with van der Waals surface area (Å²) in [6.07, 6.45) is -0.936. The summed E-state index contributed by atoms with van der Waals surface area (Å²) < 4.78 is 5.40. The zero-order valence-electron chi connectivity index (χ0n) is 13.5. The molecule has 1 aromatic rings. The van der Waals surface area contributed by atoms with Crippen LogP contribution in [0.4, 0.5) is 10.5 Å². The Labute approximate surface area is 151 Å². The third-order valence-electron chi connectivity index (χ3n) is 2.60. The van der Waals surface area contributed by atoms with Gasteiger partial charge in [-0.3, -0.25) is 15.4 Å². The summed E-state index contributed by atoms with van der Waals surface area (Å²) in [6, 6.07) is 4.26. The van der Waals surface area contributed by atoms with Crippen LogP contribution in [0.15, 0.2) is 27.6 Å². The predicted octanol–water partition coefficient (Wildman–Crippen LogP) is 3.77. The smallest absolute Gasteiger partial charge is 0.409 e. The Morgan fingerprint density at radius 2 is 1.92 bits per heavy atom. The molecule has 0 aliphatic carbocycles. The Hall–Kier alpha value is -1.81. The van der Waals surface area contributed by atoms with Crippen molar-refractivity contribution in [1.29, 1.82) is 0 Å². The number of hydrogen-bond acceptors (Lipinski definition) is 6. The van der Waals surface area contributed by atoms with E-state index in [1.165, 1.54) is 19.1 Å². The zero-order chi connectivity index (χ0) is 18.7. The predicted molar refractivity (Wildman–Crippen MR) is 92.1 cm³/mol. The fourth-order valence-corrected chi connectivity index (χ4v) is 3.21. The third kappa shape index (κ3) is 5.38. The number of thioether (sulfide) groups is 1. The molecule has 1 unspecified atom stereocenters. The van der Waals surface area contributed by atoms with Gasteiger partial charge in [-0.05, 0) is 49.7 Å². The molecule has 0 aliphatic heterocycles. The monoisotopic (exact) mass is 420 g/mol. The summed E-state index contributed by atoms with van der Waals surface area (Å²) in [5.41, 5.74) is -1.08. The van der Waals surface area contributed by atoms with Crippen molar-refractivity contribution in [2.75, 3.05) is 0 Å². The van der Waals surface area contributed by atoms with Crippen LogP contribution in [0.3, 0.4) is 0 Å². The molecule has 1 atom stereocenters. The second-order valence-electron chi connectivity index (χ2n) is 5.91. The number of amides is 1. The molecule has 10 heteroatoms. The number of nitrogens with one attached hydrogen (secondary N) is 1. The minimum atomic E-state index is -1.86. The molecule has 8 nitrogen and oxygen atoms in total. The number of carbonyl (C=O) groups is 2. The van der Waals surface area contributed by atoms with E-state index in [1.54, 1.807) is 26.8 Å². The van der Waals surface area contributed by atoms with Crippen LogP contribution < -0.4 is 5.32 Å². The Morgan fingerprint density at radius 1 is 1.33 bits per heavy atom. The van der Waals surface area contributed by atoms with E-state index in [-0.39, 0.29) is 10.6 Å². The van der Waals surface area contributed by atoms with Crippen LogP contribution in [0, 0.1) is 10.1 Å². The van der Waals surface area contributed by atoms with Crippen molar-refractivity contribution in [3.8, 4) is 0 Å². The molecular formula is C14H17BrN2O6S. The van der Waals surface area contributed by atoms with Crippen molar-refractivity contribution >= 4 is 45.4 Å². The third-order valence-corrected chi connectivity index (χ3v) is 4.84. The fourth-order valence-electron chi connectivity index (χ4n) is 1.57. The lowest BCUT2D eigenvalue weighted by Gasteiger charge is -2.28. The molecule has 0 heterocycles. The Morgan fingerprint density at radius 3 is 2.38 bits per heavy atom. The first-order valence-corrected chi connectivity index (χ1v) is 8.33. The summed E-state index contributed by atoms with van der Waals surface area (Å²) in [4.78, 5) is 32.3. The molecule has 0 spiro atoms. The number of nitro groups is 1. The van der Waals surface area contributed by atoms with E-state index in [0.29, 0.717) is 16.2 Å². The highest BCUT2D eigenvalue weighted by molar-refractivity contribution is 9.10. The molecule has 0 fully saturated rings. The molecule has 0 bridgehead atoms. The van der Waals surface area contributed by atoms with Crippen molar-refractivity contribution < 1.29 is 24.4 Å². The van der Waals surface area contributed by atoms with Crippen molar-refractivity contribution in [3.05, 3.63) is 32.8 Å². The van der Waals surface area contributed by atoms with Crippen LogP contribution in [0.5, 0.6) is 0 Å². The van der Waals surface area contributed by atoms with Gasteiger partial charge in [0, 0.05) is 10.5 Å². The van der Waals surface area contributed by atoms with Crippen LogP contribution in [0.1, 0.15) is 27.7 Å². The van der Waals surface area contributed by atoms with Gasteiger partial charge in [0.25, 0.3) is 5.69 Å². The van der Waals surface area contributed by atoms with Gasteiger partial charge < -0.3 is 9.84 Å². The fraction of sp³-hybridized carbons (Fsp3) is 0.429. The summed E-state index contributed by atoms with van der Waals surface area (Å²) in [5, 5.41) is 22.9. The SMILES string of the molecule is CC(C)(C)OC(=O)NC(C)(Sc1c(Br)cccc1[N+](=O)[O-])C(=O)O. The van der Waals surface area contributed by atoms with E-state index in [4.69, 9.17) is 4.74 Å². The van der Waals surface area contributed by atoms with E-state index in [1.807, 2.05) is 0 Å². The molecule has 1 aromatic carbocycles. The topological polar surface area (TPSA) is 119 Å². The average Bonchev–Trinajstić information content (AvgIpc) is 2.38. The minimum absolute atomic E-state index is 0.0865. The number of rotatable bonds is 5. The van der Waals surface area contributed by atoms with Crippen molar-refractivity contribution in [3.63, 3.8) is 0 Å². The highest BCUT2D eigenvalue weighted by atomic mass is 79.9. The summed E-state index contributed by atoms with van der Waals surface area (Å²) in [5.74, 6) is -1.37. The van der Waals surface area contributed by atoms with Crippen LogP contribution in [0.2, 0.25) is 0 Å². The molecule has 0 aliphatic rings. The lowest BCUT2D eigenvalue weighted by molar-refractivity contribution is -0.387. The van der Waals surface area contributed by atoms with E-state index < -0.39 is 27.5 Å². The second kappa shape index (κ2) is 7.39. The van der Waals surface area contributed by atoms with Gasteiger partial charge in [-0.25, -0.2) is 9.59 Å². The van der Waals surface area contributed by atoms with E-state index in [0.717, 1.165) is 0 Å². The van der Waals surface area contributed by atoms with Gasteiger partial charge in [0.15, 0.2) is 4.87 Å². The van der Waals surface area contributed by atoms with Gasteiger partial charge in [-0.15, -0.1) is 0 Å². The minimum Gasteiger partial charge on any atom is -0.479 e. The first kappa shape index (κ1) is 20.2. The summed E-state index contributed by atoms with van der Waals surface area (Å²) in [7, 11) is 0. The number of nitro benzene ring substituents is 1. The normalized spacial score (nSPS) is 13.7. The molecule has 132 valence electrons. The lowest BCUT2D eigenvalue weighted by Crippen LogP contribution is -2.51. The number of hydrogen-bond donors (Lipinski definition) is 2. The molecule has 1 amide bonds. The molecule has 2 N–H and O–H groups in total. The van der Waals surface area contributed by atoms with Crippen molar-refractivity contribution in [2.24, 2.45) is 0 Å². The quantitative estimate of drug-likeness (QED) is 0.321. The number of aliphatic carboxylic acids is 1. The van der Waals surface area contributed by atoms with Gasteiger partial charge >= 0.3 is 12.1 Å². The van der Waals surface area contributed by atoms with Crippen LogP contribution >= 0.6 is 27.7 Å². The van der Waals surface area contributed by atoms with Crippen LogP contribution in [-0.2, 0) is 9.53 Å². The zero-order valence-corrected chi connectivity index (χ0v) is 15.9. The highest BCUT2D eigenvalue weighted by Crippen LogP contribution is 2.41. The standard InChI is InChI=1S/C14H17BrN2O6S/c1-13(2,3)23-12(20)16-14(4,11(18)19)24-10-8(15)6-5-7-9(10)17(21)22/h5-7H,1-4H3,(H,16,20)(H,18,19). The largest absolute Gasteiger partial charge is 0.479 e. The van der Waals surface area contributed by atoms with Gasteiger partial charge in [-0.1, -0.05) is 17.8 Å². The van der Waals surface area contributed by atoms with Gasteiger partial charge in [-0.2, -0.15) is 0 Å². The first-order valence-electron chi connectivity index (χ1n) is 6.72. The van der Waals surface area contributed by atoms with Crippen LogP contribution in [-0.4, -0.2) is 32.6 Å². The van der Waals surface area contributed by atoms with Gasteiger partial charge in [0.05, 0.1) is 4.92 Å². The number of ether oxygens (including phenoxy) is 1. The first-order chi connectivity index (χ1) is 10.9. The molecular weight excluding hydrogens is 404 g/mol. The summed E-state index contributed by atoms with van der Waals surface area (Å²) >= 11 is 3.81. The maximum absolute atomic E-state index is 11.9. The van der Waals surface area contributed by atoms with E-state index >= 15 is 0 Å². The molecule has 0 aromatic heterocycles. The maximum Gasteiger partial charge on any atom is 0.409 e. The number of alkyl carbamates (subject to hydrolysis) is 1. The van der Waals surface area contributed by atoms with Crippen molar-refractivity contribution in [2.45, 2.75) is 43.1 Å². The Balaban J connectivity index is 3.17. The van der Waals surface area contributed by atoms with Gasteiger partial charge in [0.1, 0.15) is 10.5 Å². The molecule has 0 saturated heterocycles. The maximum atomic E-state index is 11.9. The Kier molecular flexibility index (Phi) is 6.23. The molecule has 0 radical (unpaired) electrons. The number of nitrogens with zero attached hydrogens (tertiary/aromatic N) is 1. The second-order valence-corrected chi connectivity index (χ2v) is 8.20. The Bertz CT molecular complexity index is 676. The van der Waals surface area contributed by atoms with E-state index in [2.05, 4.69) is 21.2 Å². The highest BCUT2D eigenvalue weighted by Gasteiger charge is 2.40. The lowest BCUT2D eigenvalue weighted by atomic mass is 10.2. The molecule has 0 saturated carbocycles. The number of halogens is 1. The average molecular weight is 421 g/mol. The number of carboxylic acid groups (broad SMARTS) is 1. The van der Waals surface area contributed by atoms with Gasteiger partial charge in [0.2, 0.25) is 0 Å². The van der Waals surface area contributed by atoms with Crippen LogP contribution in [0.25, 0.3) is 0 Å². The number of carboxylic acids is 1. The summed E-state index contributed by atoms with van der Waals surface area (Å²) in [6.45, 7) is 6.14. The van der Waals surface area contributed by atoms with Crippen molar-refractivity contribution in [1.82, 2.24) is 5.32 Å². The van der Waals surface area contributed by atoms with E-state index in [9.17, 15) is 24.8 Å².